The number of thioether (sulfide) groups is 1. The second kappa shape index (κ2) is 8.98. The Kier molecular flexibility index (Phi) is 7.65. The van der Waals surface area contributed by atoms with Gasteiger partial charge in [-0.05, 0) is 32.5 Å². The lowest BCUT2D eigenvalue weighted by molar-refractivity contribution is -0.117. The number of aliphatic hydroxyl groups is 1. The molecule has 1 aromatic rings. The first-order valence-corrected chi connectivity index (χ1v) is 8.41. The third-order valence-corrected chi connectivity index (χ3v) is 4.01. The lowest BCUT2D eigenvalue weighted by Gasteiger charge is -2.27. The first-order chi connectivity index (χ1) is 10.4. The highest BCUT2D eigenvalue weighted by Crippen LogP contribution is 2.26. The number of para-hydroxylation sites is 1. The highest BCUT2D eigenvalue weighted by atomic mass is 32.2. The molecule has 22 heavy (non-hydrogen) atoms. The van der Waals surface area contributed by atoms with Gasteiger partial charge in [0.2, 0.25) is 5.91 Å². The highest BCUT2D eigenvalue weighted by Gasteiger charge is 2.19. The van der Waals surface area contributed by atoms with E-state index in [0.717, 1.165) is 16.3 Å². The van der Waals surface area contributed by atoms with Crippen LogP contribution in [0, 0.1) is 0 Å². The predicted molar refractivity (Wildman–Crippen MR) is 94.4 cm³/mol. The van der Waals surface area contributed by atoms with E-state index < -0.39 is 5.60 Å². The smallest absolute Gasteiger partial charge is 0.238 e. The number of anilines is 1. The maximum absolute atomic E-state index is 12.2. The first kappa shape index (κ1) is 18.7. The Morgan fingerprint density at radius 1 is 1.45 bits per heavy atom. The molecule has 0 saturated carbocycles. The van der Waals surface area contributed by atoms with Crippen LogP contribution in [0.25, 0.3) is 0 Å². The van der Waals surface area contributed by atoms with Crippen LogP contribution in [0.4, 0.5) is 5.69 Å². The molecular weight excluding hydrogens is 296 g/mol. The van der Waals surface area contributed by atoms with Crippen molar-refractivity contribution in [3.05, 3.63) is 36.9 Å². The minimum atomic E-state index is -0.811. The second-order valence-electron chi connectivity index (χ2n) is 5.76. The molecule has 122 valence electrons. The summed E-state index contributed by atoms with van der Waals surface area (Å²) in [6.45, 7) is 10.6. The van der Waals surface area contributed by atoms with Gasteiger partial charge in [-0.2, -0.15) is 0 Å². The molecule has 1 rings (SSSR count). The largest absolute Gasteiger partial charge is 0.389 e. The van der Waals surface area contributed by atoms with Gasteiger partial charge >= 0.3 is 0 Å². The average Bonchev–Trinajstić information content (AvgIpc) is 2.44. The van der Waals surface area contributed by atoms with E-state index in [1.807, 2.05) is 42.2 Å². The second-order valence-corrected chi connectivity index (χ2v) is 6.82. The molecule has 0 unspecified atom stereocenters. The molecule has 0 spiro atoms. The molecular formula is C17H26N2O2S. The Hall–Kier alpha value is -1.30. The van der Waals surface area contributed by atoms with Crippen molar-refractivity contribution >= 4 is 23.4 Å². The van der Waals surface area contributed by atoms with E-state index in [9.17, 15) is 9.90 Å². The molecule has 0 aromatic heterocycles. The number of hydrogen-bond donors (Lipinski definition) is 2. The van der Waals surface area contributed by atoms with Gasteiger partial charge in [0, 0.05) is 17.2 Å². The Labute approximate surface area is 137 Å². The molecule has 2 N–H and O–H groups in total. The van der Waals surface area contributed by atoms with E-state index in [4.69, 9.17) is 0 Å². The fraction of sp³-hybridized carbons (Fsp3) is 0.471. The first-order valence-electron chi connectivity index (χ1n) is 7.43. The minimum absolute atomic E-state index is 0.0715. The van der Waals surface area contributed by atoms with E-state index >= 15 is 0 Å². The predicted octanol–water partition coefficient (Wildman–Crippen LogP) is 3.00. The Morgan fingerprint density at radius 2 is 2.14 bits per heavy atom. The van der Waals surface area contributed by atoms with Crippen molar-refractivity contribution in [2.75, 3.05) is 30.7 Å². The summed E-state index contributed by atoms with van der Waals surface area (Å²) < 4.78 is 0. The van der Waals surface area contributed by atoms with Crippen LogP contribution < -0.4 is 5.32 Å². The molecule has 0 aliphatic carbocycles. The van der Waals surface area contributed by atoms with E-state index in [1.54, 1.807) is 25.6 Å². The molecule has 0 aliphatic heterocycles. The standard InChI is InChI=1S/C17H26N2O2S/c1-5-11-22-15-10-8-7-9-14(15)18-16(20)12-19(6-2)13-17(3,4)21/h5,7-10,21H,1,6,11-13H2,2-4H3,(H,18,20). The zero-order valence-corrected chi connectivity index (χ0v) is 14.4. The summed E-state index contributed by atoms with van der Waals surface area (Å²) in [6.07, 6.45) is 1.84. The Balaban J connectivity index is 2.66. The van der Waals surface area contributed by atoms with Gasteiger partial charge in [-0.25, -0.2) is 0 Å². The van der Waals surface area contributed by atoms with Crippen LogP contribution >= 0.6 is 11.8 Å². The molecule has 1 aromatic carbocycles. The molecule has 0 radical (unpaired) electrons. The molecule has 0 atom stereocenters. The van der Waals surface area contributed by atoms with Gasteiger partial charge < -0.3 is 10.4 Å². The van der Waals surface area contributed by atoms with Crippen molar-refractivity contribution in [1.29, 1.82) is 0 Å². The summed E-state index contributed by atoms with van der Waals surface area (Å²) >= 11 is 1.64. The van der Waals surface area contributed by atoms with Crippen molar-refractivity contribution < 1.29 is 9.90 Å². The molecule has 4 nitrogen and oxygen atoms in total. The maximum Gasteiger partial charge on any atom is 0.238 e. The number of nitrogens with one attached hydrogen (secondary N) is 1. The third-order valence-electron chi connectivity index (χ3n) is 2.94. The number of benzene rings is 1. The molecule has 0 fully saturated rings. The molecule has 0 saturated heterocycles. The van der Waals surface area contributed by atoms with Gasteiger partial charge in [0.15, 0.2) is 0 Å². The molecule has 0 aliphatic rings. The number of carbonyl (C=O) groups is 1. The van der Waals surface area contributed by atoms with Crippen molar-refractivity contribution in [2.24, 2.45) is 0 Å². The molecule has 0 heterocycles. The van der Waals surface area contributed by atoms with Gasteiger partial charge in [0.25, 0.3) is 0 Å². The van der Waals surface area contributed by atoms with Crippen LogP contribution in [0.2, 0.25) is 0 Å². The summed E-state index contributed by atoms with van der Waals surface area (Å²) in [5.74, 6) is 0.727. The number of carbonyl (C=O) groups excluding carboxylic acids is 1. The van der Waals surface area contributed by atoms with Crippen LogP contribution in [0.1, 0.15) is 20.8 Å². The lowest BCUT2D eigenvalue weighted by atomic mass is 10.1. The molecule has 5 heteroatoms. The summed E-state index contributed by atoms with van der Waals surface area (Å²) in [4.78, 5) is 15.2. The number of hydrogen-bond acceptors (Lipinski definition) is 4. The normalized spacial score (nSPS) is 11.5. The average molecular weight is 322 g/mol. The van der Waals surface area contributed by atoms with Gasteiger partial charge in [-0.3, -0.25) is 9.69 Å². The quantitative estimate of drug-likeness (QED) is 0.542. The number of rotatable bonds is 9. The van der Waals surface area contributed by atoms with Gasteiger partial charge in [0.05, 0.1) is 17.8 Å². The van der Waals surface area contributed by atoms with E-state index in [0.29, 0.717) is 13.1 Å². The number of nitrogens with zero attached hydrogens (tertiary/aromatic N) is 1. The van der Waals surface area contributed by atoms with Crippen LogP contribution in [-0.4, -0.2) is 46.9 Å². The fourth-order valence-corrected chi connectivity index (χ4v) is 2.81. The molecule has 0 bridgehead atoms. The van der Waals surface area contributed by atoms with E-state index in [1.165, 1.54) is 0 Å². The van der Waals surface area contributed by atoms with E-state index in [-0.39, 0.29) is 12.5 Å². The van der Waals surface area contributed by atoms with Crippen molar-refractivity contribution in [3.8, 4) is 0 Å². The maximum atomic E-state index is 12.2. The lowest BCUT2D eigenvalue weighted by Crippen LogP contribution is -2.42. The molecule has 1 amide bonds. The van der Waals surface area contributed by atoms with Crippen LogP contribution in [0.3, 0.4) is 0 Å². The van der Waals surface area contributed by atoms with Crippen LogP contribution in [0.15, 0.2) is 41.8 Å². The SMILES string of the molecule is C=CCSc1ccccc1NC(=O)CN(CC)CC(C)(C)O. The van der Waals surface area contributed by atoms with Crippen LogP contribution in [0.5, 0.6) is 0 Å². The third kappa shape index (κ3) is 7.11. The van der Waals surface area contributed by atoms with Gasteiger partial charge in [-0.1, -0.05) is 25.1 Å². The monoisotopic (exact) mass is 322 g/mol. The summed E-state index contributed by atoms with van der Waals surface area (Å²) in [6, 6.07) is 7.74. The summed E-state index contributed by atoms with van der Waals surface area (Å²) in [5, 5.41) is 12.8. The van der Waals surface area contributed by atoms with Gasteiger partial charge in [0.1, 0.15) is 0 Å². The topological polar surface area (TPSA) is 52.6 Å². The highest BCUT2D eigenvalue weighted by molar-refractivity contribution is 7.99. The number of likely N-dealkylation sites (N-methyl/N-ethyl adjacent to an activating group) is 1. The van der Waals surface area contributed by atoms with Crippen LogP contribution in [-0.2, 0) is 4.79 Å². The van der Waals surface area contributed by atoms with Crippen molar-refractivity contribution in [2.45, 2.75) is 31.3 Å². The summed E-state index contributed by atoms with van der Waals surface area (Å²) in [5.41, 5.74) is 0.00671. The van der Waals surface area contributed by atoms with Crippen molar-refractivity contribution in [1.82, 2.24) is 4.90 Å². The zero-order valence-electron chi connectivity index (χ0n) is 13.6. The van der Waals surface area contributed by atoms with Crippen molar-refractivity contribution in [3.63, 3.8) is 0 Å². The summed E-state index contributed by atoms with van der Waals surface area (Å²) in [7, 11) is 0. The minimum Gasteiger partial charge on any atom is -0.389 e. The fourth-order valence-electron chi connectivity index (χ4n) is 2.06. The van der Waals surface area contributed by atoms with E-state index in [2.05, 4.69) is 11.9 Å². The Bertz CT molecular complexity index is 498. The Morgan fingerprint density at radius 3 is 2.73 bits per heavy atom. The zero-order chi connectivity index (χ0) is 16.6. The van der Waals surface area contributed by atoms with Gasteiger partial charge in [-0.15, -0.1) is 18.3 Å². The number of amides is 1.